The first-order valence-electron chi connectivity index (χ1n) is 21.4. The average Bonchev–Trinajstić information content (AvgIpc) is 3.16. The Hall–Kier alpha value is -3.52. The Morgan fingerprint density at radius 3 is 1.00 bits per heavy atom. The van der Waals surface area contributed by atoms with Crippen LogP contribution < -0.4 is 11.5 Å². The van der Waals surface area contributed by atoms with Crippen LogP contribution in [0.25, 0.3) is 0 Å². The topological polar surface area (TPSA) is 52.0 Å². The second-order valence-corrected chi connectivity index (χ2v) is 15.8. The van der Waals surface area contributed by atoms with E-state index in [0.29, 0.717) is 17.8 Å². The molecule has 4 rings (SSSR count). The molecule has 4 aromatic carbocycles. The highest BCUT2D eigenvalue weighted by Gasteiger charge is 2.18. The molecule has 0 aliphatic carbocycles. The molecule has 2 unspecified atom stereocenters. The smallest absolute Gasteiger partial charge is 0.0314 e. The second-order valence-electron chi connectivity index (χ2n) is 15.8. The van der Waals surface area contributed by atoms with Gasteiger partial charge in [-0.3, -0.25) is 0 Å². The van der Waals surface area contributed by atoms with Crippen molar-refractivity contribution in [1.29, 1.82) is 0 Å². The summed E-state index contributed by atoms with van der Waals surface area (Å²) >= 11 is 0. The van der Waals surface area contributed by atoms with Gasteiger partial charge >= 0.3 is 0 Å². The van der Waals surface area contributed by atoms with Gasteiger partial charge in [0.15, 0.2) is 0 Å². The number of benzene rings is 4. The van der Waals surface area contributed by atoms with Gasteiger partial charge in [-0.05, 0) is 95.7 Å². The Morgan fingerprint density at radius 2 is 0.635 bits per heavy atom. The summed E-state index contributed by atoms with van der Waals surface area (Å²) < 4.78 is 0. The SMILES string of the molecule is CCCCCCCCCCCC(Cc1ccc(C(CCCCC)c2ccc(N)cc2)cc1)Cc1ccc(C(CCCCC)c2ccc(N)cc2)cc1. The molecule has 2 atom stereocenters. The molecule has 0 fully saturated rings. The lowest BCUT2D eigenvalue weighted by Gasteiger charge is -2.21. The van der Waals surface area contributed by atoms with Crippen LogP contribution in [0.1, 0.15) is 182 Å². The van der Waals surface area contributed by atoms with Crippen molar-refractivity contribution in [2.24, 2.45) is 5.92 Å². The van der Waals surface area contributed by atoms with Crippen LogP contribution in [-0.2, 0) is 12.8 Å². The summed E-state index contributed by atoms with van der Waals surface area (Å²) in [6, 6.07) is 36.6. The van der Waals surface area contributed by atoms with Crippen LogP contribution in [0.3, 0.4) is 0 Å². The number of hydrogen-bond acceptors (Lipinski definition) is 2. The molecule has 282 valence electrons. The molecule has 52 heavy (non-hydrogen) atoms. The average molecular weight is 701 g/mol. The summed E-state index contributed by atoms with van der Waals surface area (Å²) in [5.41, 5.74) is 22.4. The number of nitrogens with two attached hydrogens (primary N) is 2. The monoisotopic (exact) mass is 701 g/mol. The molecule has 0 saturated carbocycles. The largest absolute Gasteiger partial charge is 0.399 e. The maximum atomic E-state index is 6.06. The zero-order valence-electron chi connectivity index (χ0n) is 33.3. The summed E-state index contributed by atoms with van der Waals surface area (Å²) in [6.07, 6.45) is 26.0. The van der Waals surface area contributed by atoms with Gasteiger partial charge in [-0.25, -0.2) is 0 Å². The number of unbranched alkanes of at least 4 members (excludes halogenated alkanes) is 12. The maximum Gasteiger partial charge on any atom is 0.0314 e. The van der Waals surface area contributed by atoms with Crippen molar-refractivity contribution in [2.75, 3.05) is 11.5 Å². The molecule has 0 aliphatic heterocycles. The molecule has 0 spiro atoms. The fraction of sp³-hybridized carbons (Fsp3) is 0.520. The number of hydrogen-bond donors (Lipinski definition) is 2. The minimum atomic E-state index is 0.427. The minimum absolute atomic E-state index is 0.427. The van der Waals surface area contributed by atoms with Crippen LogP contribution in [0, 0.1) is 5.92 Å². The Bertz CT molecular complexity index is 1360. The molecule has 2 heteroatoms. The van der Waals surface area contributed by atoms with E-state index in [0.717, 1.165) is 24.2 Å². The van der Waals surface area contributed by atoms with E-state index < -0.39 is 0 Å². The van der Waals surface area contributed by atoms with Crippen molar-refractivity contribution < 1.29 is 0 Å². The van der Waals surface area contributed by atoms with Gasteiger partial charge in [0.1, 0.15) is 0 Å². The summed E-state index contributed by atoms with van der Waals surface area (Å²) in [6.45, 7) is 6.89. The molecule has 0 radical (unpaired) electrons. The van der Waals surface area contributed by atoms with Gasteiger partial charge in [0, 0.05) is 23.2 Å². The van der Waals surface area contributed by atoms with Crippen molar-refractivity contribution in [3.8, 4) is 0 Å². The Labute approximate surface area is 319 Å². The fourth-order valence-corrected chi connectivity index (χ4v) is 8.16. The van der Waals surface area contributed by atoms with Crippen LogP contribution in [0.2, 0.25) is 0 Å². The van der Waals surface area contributed by atoms with Crippen LogP contribution in [0.4, 0.5) is 11.4 Å². The van der Waals surface area contributed by atoms with E-state index in [-0.39, 0.29) is 0 Å². The first-order chi connectivity index (χ1) is 25.5. The van der Waals surface area contributed by atoms with E-state index in [1.165, 1.54) is 149 Å². The van der Waals surface area contributed by atoms with Crippen LogP contribution in [-0.4, -0.2) is 0 Å². The predicted octanol–water partition coefficient (Wildman–Crippen LogP) is 14.6. The summed E-state index contributed by atoms with van der Waals surface area (Å²) in [7, 11) is 0. The standard InChI is InChI=1S/C50H72N2/c1-4-7-10-11-12-13-14-15-18-19-42(38-40-22-26-43(27-23-40)49(20-16-8-5-2)45-30-34-47(51)35-31-45)39-41-24-28-44(29-25-41)50(21-17-9-6-3)46-32-36-48(52)37-33-46/h22-37,42,49-50H,4-21,38-39,51-52H2,1-3H3. The van der Waals surface area contributed by atoms with E-state index in [4.69, 9.17) is 11.5 Å². The van der Waals surface area contributed by atoms with E-state index in [1.54, 1.807) is 0 Å². The highest BCUT2D eigenvalue weighted by Crippen LogP contribution is 2.33. The van der Waals surface area contributed by atoms with Crippen molar-refractivity contribution in [1.82, 2.24) is 0 Å². The first kappa shape index (κ1) is 41.2. The molecule has 0 saturated heterocycles. The molecule has 0 amide bonds. The zero-order chi connectivity index (χ0) is 36.8. The van der Waals surface area contributed by atoms with Gasteiger partial charge in [0.25, 0.3) is 0 Å². The van der Waals surface area contributed by atoms with Crippen molar-refractivity contribution in [2.45, 2.75) is 161 Å². The molecule has 0 bridgehead atoms. The van der Waals surface area contributed by atoms with Crippen molar-refractivity contribution in [3.63, 3.8) is 0 Å². The third-order valence-electron chi connectivity index (χ3n) is 11.4. The molecule has 0 aromatic heterocycles. The fourth-order valence-electron chi connectivity index (χ4n) is 8.16. The number of nitrogen functional groups attached to an aromatic ring is 2. The highest BCUT2D eigenvalue weighted by atomic mass is 14.5. The minimum Gasteiger partial charge on any atom is -0.399 e. The molecule has 0 heterocycles. The van der Waals surface area contributed by atoms with E-state index in [2.05, 4.69) is 118 Å². The Morgan fingerprint density at radius 1 is 0.346 bits per heavy atom. The summed E-state index contributed by atoms with van der Waals surface area (Å²) in [4.78, 5) is 0. The predicted molar refractivity (Wildman–Crippen MR) is 229 cm³/mol. The molecule has 2 nitrogen and oxygen atoms in total. The van der Waals surface area contributed by atoms with Crippen molar-refractivity contribution in [3.05, 3.63) is 130 Å². The van der Waals surface area contributed by atoms with Gasteiger partial charge in [-0.15, -0.1) is 0 Å². The quantitative estimate of drug-likeness (QED) is 0.0506. The normalized spacial score (nSPS) is 13.2. The molecule has 0 aliphatic rings. The van der Waals surface area contributed by atoms with E-state index >= 15 is 0 Å². The Kier molecular flexibility index (Phi) is 19.0. The molecule has 4 N–H and O–H groups in total. The van der Waals surface area contributed by atoms with Crippen LogP contribution in [0.15, 0.2) is 97.1 Å². The maximum absolute atomic E-state index is 6.06. The van der Waals surface area contributed by atoms with Gasteiger partial charge in [-0.1, -0.05) is 190 Å². The van der Waals surface area contributed by atoms with E-state index in [9.17, 15) is 0 Å². The second kappa shape index (κ2) is 23.9. The Balaban J connectivity index is 1.45. The third kappa shape index (κ3) is 14.5. The lowest BCUT2D eigenvalue weighted by molar-refractivity contribution is 0.444. The lowest BCUT2D eigenvalue weighted by atomic mass is 9.84. The van der Waals surface area contributed by atoms with Crippen LogP contribution >= 0.6 is 0 Å². The van der Waals surface area contributed by atoms with Crippen molar-refractivity contribution >= 4 is 11.4 Å². The van der Waals surface area contributed by atoms with E-state index in [1.807, 2.05) is 0 Å². The number of anilines is 2. The molecule has 4 aromatic rings. The molecular formula is C50H72N2. The zero-order valence-corrected chi connectivity index (χ0v) is 33.3. The van der Waals surface area contributed by atoms with Crippen LogP contribution in [0.5, 0.6) is 0 Å². The van der Waals surface area contributed by atoms with Gasteiger partial charge < -0.3 is 11.5 Å². The summed E-state index contributed by atoms with van der Waals surface area (Å²) in [5, 5.41) is 0. The highest BCUT2D eigenvalue weighted by molar-refractivity contribution is 5.44. The van der Waals surface area contributed by atoms with Gasteiger partial charge in [0.2, 0.25) is 0 Å². The summed E-state index contributed by atoms with van der Waals surface area (Å²) in [5.74, 6) is 1.50. The van der Waals surface area contributed by atoms with Gasteiger partial charge in [-0.2, -0.15) is 0 Å². The number of rotatable bonds is 26. The first-order valence-corrected chi connectivity index (χ1v) is 21.4. The lowest BCUT2D eigenvalue weighted by Crippen LogP contribution is -2.10. The third-order valence-corrected chi connectivity index (χ3v) is 11.4. The molecular weight excluding hydrogens is 629 g/mol. The van der Waals surface area contributed by atoms with Gasteiger partial charge in [0.05, 0.1) is 0 Å².